The first-order valence-electron chi connectivity index (χ1n) is 19.0. The van der Waals surface area contributed by atoms with Gasteiger partial charge in [-0.15, -0.1) is 0 Å². The number of piperidine rings is 2. The molecular formula is C41H52N6O5. The fourth-order valence-electron chi connectivity index (χ4n) is 8.72. The van der Waals surface area contributed by atoms with Gasteiger partial charge in [0.15, 0.2) is 12.5 Å². The summed E-state index contributed by atoms with van der Waals surface area (Å²) >= 11 is 0. The number of fused-ring (bicyclic) bond motifs is 2. The molecule has 0 bridgehead atoms. The highest BCUT2D eigenvalue weighted by molar-refractivity contribution is 6.04. The molecule has 4 heterocycles. The average molecular weight is 709 g/mol. The molecule has 0 spiro atoms. The van der Waals surface area contributed by atoms with Crippen LogP contribution in [0.1, 0.15) is 61.3 Å². The van der Waals surface area contributed by atoms with Crippen LogP contribution in [-0.4, -0.2) is 118 Å². The van der Waals surface area contributed by atoms with Gasteiger partial charge in [-0.05, 0) is 105 Å². The third-order valence-electron chi connectivity index (χ3n) is 11.7. The van der Waals surface area contributed by atoms with Crippen molar-refractivity contribution >= 4 is 40.5 Å². The second-order valence-electron chi connectivity index (χ2n) is 15.3. The van der Waals surface area contributed by atoms with Crippen LogP contribution in [0.3, 0.4) is 0 Å². The zero-order valence-corrected chi connectivity index (χ0v) is 30.9. The van der Waals surface area contributed by atoms with Crippen molar-refractivity contribution in [3.8, 4) is 0 Å². The lowest BCUT2D eigenvalue weighted by molar-refractivity contribution is -0.145. The van der Waals surface area contributed by atoms with E-state index in [1.54, 1.807) is 4.68 Å². The van der Waals surface area contributed by atoms with Gasteiger partial charge in [-0.25, -0.2) is 4.68 Å². The Kier molecular flexibility index (Phi) is 10.9. The van der Waals surface area contributed by atoms with Gasteiger partial charge in [-0.1, -0.05) is 30.3 Å². The lowest BCUT2D eigenvalue weighted by Crippen LogP contribution is -2.55. The van der Waals surface area contributed by atoms with Crippen molar-refractivity contribution in [2.75, 3.05) is 59.4 Å². The molecule has 276 valence electrons. The van der Waals surface area contributed by atoms with Crippen molar-refractivity contribution in [3.05, 3.63) is 70.4 Å². The maximum Gasteiger partial charge on any atom is 0.304 e. The zero-order valence-electron chi connectivity index (χ0n) is 30.9. The number of carbonyl (C=O) groups excluding carboxylic acids is 4. The number of Topliss-reactive ketones (excluding diaryl/α,β-unsaturated/α-hetero) is 1. The summed E-state index contributed by atoms with van der Waals surface area (Å²) in [6.07, 6.45) is 8.77. The van der Waals surface area contributed by atoms with Crippen LogP contribution >= 0.6 is 0 Å². The lowest BCUT2D eigenvalue weighted by Gasteiger charge is -2.43. The Labute approximate surface area is 306 Å². The minimum atomic E-state index is -0.493. The van der Waals surface area contributed by atoms with E-state index < -0.39 is 5.92 Å². The van der Waals surface area contributed by atoms with Gasteiger partial charge in [0.1, 0.15) is 0 Å². The predicted octanol–water partition coefficient (Wildman–Crippen LogP) is 4.10. The molecule has 2 aromatic carbocycles. The average Bonchev–Trinajstić information content (AvgIpc) is 3.57. The molecule has 1 aliphatic carbocycles. The van der Waals surface area contributed by atoms with Crippen molar-refractivity contribution in [1.29, 1.82) is 0 Å². The molecule has 11 nitrogen and oxygen atoms in total. The number of aryl methyl sites for hydroxylation is 1. The first-order chi connectivity index (χ1) is 25.1. The molecule has 52 heavy (non-hydrogen) atoms. The summed E-state index contributed by atoms with van der Waals surface area (Å²) in [6.45, 7) is 9.86. The highest BCUT2D eigenvalue weighted by Gasteiger charge is 2.35. The number of ketones is 1. The van der Waals surface area contributed by atoms with Crippen LogP contribution in [0.25, 0.3) is 17.0 Å². The first kappa shape index (κ1) is 36.0. The van der Waals surface area contributed by atoms with Crippen molar-refractivity contribution in [2.24, 2.45) is 11.8 Å². The Morgan fingerprint density at radius 3 is 2.38 bits per heavy atom. The van der Waals surface area contributed by atoms with Gasteiger partial charge in [-0.3, -0.25) is 24.1 Å². The minimum Gasteiger partial charge on any atom is -0.443 e. The number of nitrogens with zero attached hydrogens (tertiary/aromatic N) is 6. The normalized spacial score (nSPS) is 20.1. The molecule has 0 N–H and O–H groups in total. The first-order valence-corrected chi connectivity index (χ1v) is 19.0. The number of ether oxygens (including phenoxy) is 1. The fraction of sp³-hybridized carbons (Fsp3) is 0.537. The van der Waals surface area contributed by atoms with E-state index >= 15 is 0 Å². The number of hydrogen-bond acceptors (Lipinski definition) is 8. The van der Waals surface area contributed by atoms with Gasteiger partial charge in [-0.2, -0.15) is 5.10 Å². The van der Waals surface area contributed by atoms with E-state index in [9.17, 15) is 19.2 Å². The van der Waals surface area contributed by atoms with Crippen LogP contribution in [0, 0.1) is 18.8 Å². The third kappa shape index (κ3) is 8.15. The number of allylic oxidation sites excluding steroid dienone is 1. The van der Waals surface area contributed by atoms with E-state index in [-0.39, 0.29) is 42.6 Å². The van der Waals surface area contributed by atoms with Crippen molar-refractivity contribution in [3.63, 3.8) is 0 Å². The second kappa shape index (κ2) is 15.7. The number of amides is 2. The van der Waals surface area contributed by atoms with Crippen molar-refractivity contribution in [1.82, 2.24) is 29.4 Å². The van der Waals surface area contributed by atoms with Gasteiger partial charge >= 0.3 is 5.97 Å². The summed E-state index contributed by atoms with van der Waals surface area (Å²) in [7, 11) is 2.18. The number of hydrogen-bond donors (Lipinski definition) is 0. The number of carbonyl (C=O) groups is 4. The van der Waals surface area contributed by atoms with Crippen LogP contribution in [0.4, 0.5) is 0 Å². The molecule has 3 aliphatic heterocycles. The van der Waals surface area contributed by atoms with Crippen molar-refractivity contribution in [2.45, 2.75) is 71.6 Å². The Bertz CT molecular complexity index is 1840. The smallest absolute Gasteiger partial charge is 0.304 e. The van der Waals surface area contributed by atoms with Gasteiger partial charge in [0.2, 0.25) is 11.8 Å². The molecule has 4 aliphatic rings. The molecule has 0 radical (unpaired) electrons. The highest BCUT2D eigenvalue weighted by atomic mass is 16.5. The Morgan fingerprint density at radius 1 is 0.923 bits per heavy atom. The summed E-state index contributed by atoms with van der Waals surface area (Å²) in [6, 6.07) is 12.8. The topological polar surface area (TPSA) is 108 Å². The molecule has 3 aromatic rings. The van der Waals surface area contributed by atoms with Crippen LogP contribution < -0.4 is 0 Å². The van der Waals surface area contributed by atoms with E-state index in [0.717, 1.165) is 90.6 Å². The fourth-order valence-corrected chi connectivity index (χ4v) is 8.72. The van der Waals surface area contributed by atoms with Gasteiger partial charge in [0, 0.05) is 76.7 Å². The van der Waals surface area contributed by atoms with E-state index in [1.165, 1.54) is 6.92 Å². The van der Waals surface area contributed by atoms with Gasteiger partial charge in [0.25, 0.3) is 0 Å². The number of aromatic nitrogens is 2. The number of benzene rings is 2. The van der Waals surface area contributed by atoms with E-state index in [1.807, 2.05) is 47.2 Å². The molecule has 0 unspecified atom stereocenters. The molecule has 11 heteroatoms. The second-order valence-corrected chi connectivity index (χ2v) is 15.3. The summed E-state index contributed by atoms with van der Waals surface area (Å²) in [5, 5.41) is 5.50. The largest absolute Gasteiger partial charge is 0.443 e. The summed E-state index contributed by atoms with van der Waals surface area (Å²) in [4.78, 5) is 61.6. The maximum absolute atomic E-state index is 14.4. The van der Waals surface area contributed by atoms with Gasteiger partial charge < -0.3 is 19.4 Å². The van der Waals surface area contributed by atoms with Crippen LogP contribution in [-0.2, 0) is 43.5 Å². The zero-order chi connectivity index (χ0) is 36.4. The molecule has 1 atom stereocenters. The lowest BCUT2D eigenvalue weighted by atomic mass is 9.80. The van der Waals surface area contributed by atoms with E-state index in [4.69, 9.17) is 4.74 Å². The summed E-state index contributed by atoms with van der Waals surface area (Å²) in [5.74, 6) is -0.486. The summed E-state index contributed by atoms with van der Waals surface area (Å²) < 4.78 is 6.76. The van der Waals surface area contributed by atoms with E-state index in [0.29, 0.717) is 45.1 Å². The number of rotatable bonds is 9. The molecule has 3 fully saturated rings. The monoisotopic (exact) mass is 708 g/mol. The van der Waals surface area contributed by atoms with Crippen LogP contribution in [0.15, 0.2) is 48.2 Å². The predicted molar refractivity (Wildman–Crippen MR) is 199 cm³/mol. The summed E-state index contributed by atoms with van der Waals surface area (Å²) in [5.41, 5.74) is 5.85. The maximum atomic E-state index is 14.4. The Morgan fingerprint density at radius 2 is 1.65 bits per heavy atom. The molecule has 3 saturated heterocycles. The van der Waals surface area contributed by atoms with Crippen LogP contribution in [0.5, 0.6) is 0 Å². The minimum absolute atomic E-state index is 0.00283. The quantitative estimate of drug-likeness (QED) is 0.306. The molecule has 7 rings (SSSR count). The van der Waals surface area contributed by atoms with E-state index in [2.05, 4.69) is 40.2 Å². The number of piperazine rings is 1. The number of likely N-dealkylation sites (tertiary alicyclic amines) is 2. The Hall–Kier alpha value is -4.35. The third-order valence-corrected chi connectivity index (χ3v) is 11.7. The molecular weight excluding hydrogens is 656 g/mol. The number of esters is 1. The highest BCUT2D eigenvalue weighted by Crippen LogP contribution is 2.33. The molecule has 1 aromatic heterocycles. The SMILES string of the molecule is CC(=O)OCn1cc2cc(C[C@@H](CC(=O)N3CCC(C4=Cc5ccccc5CC4=O)CC3)C(=O)N3CCN(C4CCN(C)CC4)CC3)cc(C)c2n1. The van der Waals surface area contributed by atoms with Gasteiger partial charge in [0.05, 0.1) is 11.4 Å². The van der Waals surface area contributed by atoms with Crippen LogP contribution in [0.2, 0.25) is 0 Å². The Balaban J connectivity index is 1.04. The molecule has 0 saturated carbocycles. The molecule has 2 amide bonds. The van der Waals surface area contributed by atoms with Crippen molar-refractivity contribution < 1.29 is 23.9 Å². The standard InChI is InChI=1S/C41H52N6O5/c1-28-20-30(22-35-26-47(42-40(28)35)27-52-29(2)48)21-34(41(51)46-18-16-44(17-19-46)36-10-12-43(3)13-11-36)25-39(50)45-14-8-31(9-15-45)37-23-32-6-4-5-7-33(32)24-38(37)49/h4-7,20,22-23,26,31,34,36H,8-19,21,24-25,27H2,1-3H3/t34-/m0/s1.